The van der Waals surface area contributed by atoms with E-state index in [9.17, 15) is 18.0 Å². The average Bonchev–Trinajstić information content (AvgIpc) is 3.45. The van der Waals surface area contributed by atoms with E-state index in [1.807, 2.05) is 6.20 Å². The van der Waals surface area contributed by atoms with Gasteiger partial charge in [-0.2, -0.15) is 18.4 Å². The lowest BCUT2D eigenvalue weighted by molar-refractivity contribution is -0.192. The summed E-state index contributed by atoms with van der Waals surface area (Å²) in [5.41, 5.74) is 1.66. The van der Waals surface area contributed by atoms with E-state index in [0.29, 0.717) is 33.7 Å². The molecule has 178 valence electrons. The standard InChI is InChI=1S/C18H16N6OS2.C2HF3O2/c19-5-14-13(3-4-26-14)22-17(25)12-9-27-18-16(12)23-15(7-21-18)24-8-10-1-2-11(24)6-20-10;3-2(4,5)1(6)7/h3-4,7,9-11,20H,1-2,6,8H2,(H,22,25);(H,6,7)/t10-,11-;/m0./s1. The largest absolute Gasteiger partial charge is 0.490 e. The maximum absolute atomic E-state index is 12.8. The van der Waals surface area contributed by atoms with Crippen LogP contribution in [0, 0.1) is 11.3 Å². The van der Waals surface area contributed by atoms with Gasteiger partial charge in [-0.05, 0) is 24.3 Å². The highest BCUT2D eigenvalue weighted by Gasteiger charge is 2.38. The summed E-state index contributed by atoms with van der Waals surface area (Å²) in [6.45, 7) is 1.90. The van der Waals surface area contributed by atoms with Crippen LogP contribution in [0.1, 0.15) is 28.1 Å². The first-order valence-electron chi connectivity index (χ1n) is 10.0. The number of carbonyl (C=O) groups excluding carboxylic acids is 1. The van der Waals surface area contributed by atoms with Crippen LogP contribution in [0.2, 0.25) is 0 Å². The lowest BCUT2D eigenvalue weighted by Gasteiger charge is -2.46. The number of hydrogen-bond donors (Lipinski definition) is 3. The molecule has 0 saturated carbocycles. The second kappa shape index (κ2) is 9.53. The van der Waals surface area contributed by atoms with Crippen molar-refractivity contribution in [3.05, 3.63) is 33.5 Å². The van der Waals surface area contributed by atoms with Gasteiger partial charge in [-0.15, -0.1) is 22.7 Å². The second-order valence-corrected chi connectivity index (χ2v) is 9.33. The zero-order chi connectivity index (χ0) is 24.5. The zero-order valence-corrected chi connectivity index (χ0v) is 18.9. The molecule has 0 unspecified atom stereocenters. The van der Waals surface area contributed by atoms with Crippen molar-refractivity contribution in [3.63, 3.8) is 0 Å². The van der Waals surface area contributed by atoms with Gasteiger partial charge >= 0.3 is 12.1 Å². The topological polar surface area (TPSA) is 131 Å². The molecular weight excluding hydrogens is 493 g/mol. The fourth-order valence-corrected chi connectivity index (χ4v) is 5.24. The molecule has 9 nitrogen and oxygen atoms in total. The summed E-state index contributed by atoms with van der Waals surface area (Å²) < 4.78 is 31.7. The summed E-state index contributed by atoms with van der Waals surface area (Å²) in [6, 6.07) is 4.77. The highest BCUT2D eigenvalue weighted by Crippen LogP contribution is 2.31. The minimum atomic E-state index is -5.08. The minimum absolute atomic E-state index is 0.260. The van der Waals surface area contributed by atoms with Gasteiger partial charge in [0, 0.05) is 30.6 Å². The molecule has 0 aliphatic carbocycles. The Balaban J connectivity index is 0.000000344. The smallest absolute Gasteiger partial charge is 0.475 e. The Kier molecular flexibility index (Phi) is 6.69. The molecule has 3 aliphatic heterocycles. The Morgan fingerprint density at radius 1 is 1.32 bits per heavy atom. The summed E-state index contributed by atoms with van der Waals surface area (Å²) in [5.74, 6) is -2.18. The number of hydrogen-bond acceptors (Lipinski definition) is 9. The maximum Gasteiger partial charge on any atom is 0.490 e. The number of piperazine rings is 1. The highest BCUT2D eigenvalue weighted by atomic mass is 32.1. The predicted octanol–water partition coefficient (Wildman–Crippen LogP) is 3.45. The molecule has 14 heteroatoms. The fourth-order valence-electron chi connectivity index (χ4n) is 3.77. The quantitative estimate of drug-likeness (QED) is 0.488. The molecule has 3 N–H and O–H groups in total. The molecule has 34 heavy (non-hydrogen) atoms. The van der Waals surface area contributed by atoms with Gasteiger partial charge in [0.25, 0.3) is 5.91 Å². The summed E-state index contributed by atoms with van der Waals surface area (Å²) >= 11 is 2.71. The van der Waals surface area contributed by atoms with E-state index < -0.39 is 12.1 Å². The van der Waals surface area contributed by atoms with E-state index in [2.05, 4.69) is 26.6 Å². The molecule has 2 atom stereocenters. The average molecular weight is 511 g/mol. The van der Waals surface area contributed by atoms with Gasteiger partial charge < -0.3 is 20.6 Å². The van der Waals surface area contributed by atoms with Crippen LogP contribution in [-0.4, -0.2) is 58.3 Å². The third-order valence-electron chi connectivity index (χ3n) is 5.41. The first kappa shape index (κ1) is 23.9. The number of piperidine rings is 2. The number of nitrogens with zero attached hydrogens (tertiary/aromatic N) is 4. The van der Waals surface area contributed by atoms with E-state index in [-0.39, 0.29) is 5.91 Å². The summed E-state index contributed by atoms with van der Waals surface area (Å²) in [4.78, 5) is 34.5. The number of aromatic nitrogens is 2. The van der Waals surface area contributed by atoms with Gasteiger partial charge in [0.15, 0.2) is 0 Å². The van der Waals surface area contributed by atoms with Crippen molar-refractivity contribution in [2.45, 2.75) is 31.1 Å². The molecule has 1 amide bonds. The Morgan fingerprint density at radius 2 is 2.09 bits per heavy atom. The van der Waals surface area contributed by atoms with Crippen molar-refractivity contribution < 1.29 is 27.9 Å². The highest BCUT2D eigenvalue weighted by molar-refractivity contribution is 7.17. The van der Waals surface area contributed by atoms with E-state index in [1.54, 1.807) is 16.8 Å². The Bertz CT molecular complexity index is 1260. The third-order valence-corrected chi connectivity index (χ3v) is 7.11. The molecule has 3 fully saturated rings. The Hall–Kier alpha value is -3.28. The molecule has 6 heterocycles. The molecule has 3 aliphatic rings. The maximum atomic E-state index is 12.8. The van der Waals surface area contributed by atoms with Gasteiger partial charge in [0.1, 0.15) is 27.1 Å². The monoisotopic (exact) mass is 510 g/mol. The molecule has 3 aromatic heterocycles. The van der Waals surface area contributed by atoms with E-state index in [0.717, 1.165) is 30.2 Å². The SMILES string of the molecule is N#Cc1sccc1NC(=O)c1csc2ncc(N3C[C@@H]4CC[C@H]3CN4)nc12.O=C(O)C(F)(F)F. The Morgan fingerprint density at radius 3 is 2.68 bits per heavy atom. The molecule has 2 bridgehead atoms. The summed E-state index contributed by atoms with van der Waals surface area (Å²) in [7, 11) is 0. The summed E-state index contributed by atoms with van der Waals surface area (Å²) in [5, 5.41) is 26.2. The van der Waals surface area contributed by atoms with Crippen LogP contribution in [0.5, 0.6) is 0 Å². The minimum Gasteiger partial charge on any atom is -0.475 e. The number of halogens is 3. The van der Waals surface area contributed by atoms with Crippen LogP contribution in [0.4, 0.5) is 24.7 Å². The number of fused-ring (bicyclic) bond motifs is 4. The van der Waals surface area contributed by atoms with Crippen molar-refractivity contribution in [1.29, 1.82) is 5.26 Å². The lowest BCUT2D eigenvalue weighted by atomic mass is 9.93. The number of carbonyl (C=O) groups is 2. The number of alkyl halides is 3. The van der Waals surface area contributed by atoms with Crippen LogP contribution in [0.25, 0.3) is 10.3 Å². The molecule has 3 saturated heterocycles. The molecule has 0 spiro atoms. The number of nitriles is 1. The van der Waals surface area contributed by atoms with Crippen molar-refractivity contribution in [3.8, 4) is 6.07 Å². The number of carboxylic acid groups (broad SMARTS) is 1. The zero-order valence-electron chi connectivity index (χ0n) is 17.3. The van der Waals surface area contributed by atoms with Gasteiger partial charge in [-0.1, -0.05) is 0 Å². The molecule has 3 aromatic rings. The van der Waals surface area contributed by atoms with Crippen molar-refractivity contribution in [2.75, 3.05) is 23.3 Å². The van der Waals surface area contributed by atoms with Crippen LogP contribution in [0.3, 0.4) is 0 Å². The molecule has 0 radical (unpaired) electrons. The van der Waals surface area contributed by atoms with E-state index in [1.165, 1.54) is 29.1 Å². The van der Waals surface area contributed by atoms with Gasteiger partial charge in [0.2, 0.25) is 0 Å². The van der Waals surface area contributed by atoms with Crippen LogP contribution >= 0.6 is 22.7 Å². The first-order chi connectivity index (χ1) is 16.2. The number of aliphatic carboxylic acids is 1. The first-order valence-corrected chi connectivity index (χ1v) is 11.8. The van der Waals surface area contributed by atoms with Crippen molar-refractivity contribution in [1.82, 2.24) is 15.3 Å². The number of carboxylic acids is 1. The number of nitrogens with one attached hydrogen (secondary N) is 2. The van der Waals surface area contributed by atoms with Gasteiger partial charge in [0.05, 0.1) is 17.4 Å². The molecular formula is C20H17F3N6O3S2. The van der Waals surface area contributed by atoms with Crippen molar-refractivity contribution >= 4 is 56.4 Å². The molecule has 6 rings (SSSR count). The number of anilines is 2. The van der Waals surface area contributed by atoms with Crippen LogP contribution < -0.4 is 15.5 Å². The van der Waals surface area contributed by atoms with Crippen LogP contribution in [-0.2, 0) is 4.79 Å². The van der Waals surface area contributed by atoms with Gasteiger partial charge in [-0.3, -0.25) is 4.79 Å². The molecule has 0 aromatic carbocycles. The third kappa shape index (κ3) is 4.96. The number of thiophene rings is 2. The summed E-state index contributed by atoms with van der Waals surface area (Å²) in [6.07, 6.45) is -0.915. The number of rotatable bonds is 3. The predicted molar refractivity (Wildman–Crippen MR) is 120 cm³/mol. The fraction of sp³-hybridized carbons (Fsp3) is 0.350. The second-order valence-electron chi connectivity index (χ2n) is 7.55. The normalized spacial score (nSPS) is 19.3. The Labute approximate surface area is 198 Å². The lowest BCUT2D eigenvalue weighted by Crippen LogP contribution is -2.61. The number of amides is 1. The van der Waals surface area contributed by atoms with E-state index >= 15 is 0 Å². The van der Waals surface area contributed by atoms with Gasteiger partial charge in [-0.25, -0.2) is 14.8 Å². The van der Waals surface area contributed by atoms with Crippen molar-refractivity contribution in [2.24, 2.45) is 0 Å². The van der Waals surface area contributed by atoms with Crippen LogP contribution in [0.15, 0.2) is 23.0 Å². The van der Waals surface area contributed by atoms with E-state index in [4.69, 9.17) is 20.1 Å².